The second-order valence-electron chi connectivity index (χ2n) is 9.94. The van der Waals surface area contributed by atoms with Crippen LogP contribution < -0.4 is 10.1 Å². The number of carboxylic acid groups (broad SMARTS) is 1. The van der Waals surface area contributed by atoms with E-state index in [4.69, 9.17) is 4.74 Å². The molecule has 5 heteroatoms. The summed E-state index contributed by atoms with van der Waals surface area (Å²) in [6.45, 7) is 4.89. The molecule has 0 saturated carbocycles. The quantitative estimate of drug-likeness (QED) is 0.145. The van der Waals surface area contributed by atoms with E-state index >= 15 is 0 Å². The van der Waals surface area contributed by atoms with E-state index in [0.717, 1.165) is 56.6 Å². The Morgan fingerprint density at radius 3 is 2.32 bits per heavy atom. The topological polar surface area (TPSA) is 75.6 Å². The third-order valence-corrected chi connectivity index (χ3v) is 7.42. The molecule has 0 saturated heterocycles. The highest BCUT2D eigenvalue weighted by Gasteiger charge is 2.18. The summed E-state index contributed by atoms with van der Waals surface area (Å²) in [5.41, 5.74) is 2.41. The van der Waals surface area contributed by atoms with Crippen LogP contribution in [0.5, 0.6) is 5.75 Å². The van der Waals surface area contributed by atoms with Gasteiger partial charge in [0, 0.05) is 17.7 Å². The standard InChI is InChI=1S/C33H33NO4/c1-3-5-17-38-29-16-9-21(18-22(4-2)33(36)37)19-26(29)20-34-32(35)28-15-13-25-11-10-23-7-6-8-24-12-14-27(28)31(25)30(23)24/h6-16,19,22H,3-5,17-18,20H2,1-2H3,(H,34,35)(H,36,37)/t22-/m0/s1. The summed E-state index contributed by atoms with van der Waals surface area (Å²) < 4.78 is 6.03. The van der Waals surface area contributed by atoms with Crippen LogP contribution in [-0.2, 0) is 17.8 Å². The molecule has 0 fully saturated rings. The molecule has 5 nitrogen and oxygen atoms in total. The number of ether oxygens (including phenoxy) is 1. The van der Waals surface area contributed by atoms with Gasteiger partial charge in [-0.1, -0.05) is 80.9 Å². The molecule has 0 unspecified atom stereocenters. The molecule has 0 aromatic heterocycles. The average Bonchev–Trinajstić information content (AvgIpc) is 2.94. The number of amides is 1. The summed E-state index contributed by atoms with van der Waals surface area (Å²) in [5.74, 6) is -0.660. The second-order valence-corrected chi connectivity index (χ2v) is 9.94. The van der Waals surface area contributed by atoms with Crippen LogP contribution >= 0.6 is 0 Å². The zero-order valence-electron chi connectivity index (χ0n) is 21.9. The van der Waals surface area contributed by atoms with Crippen LogP contribution in [-0.4, -0.2) is 23.6 Å². The first-order chi connectivity index (χ1) is 18.5. The van der Waals surface area contributed by atoms with E-state index in [9.17, 15) is 14.7 Å². The van der Waals surface area contributed by atoms with Crippen molar-refractivity contribution in [2.75, 3.05) is 6.61 Å². The van der Waals surface area contributed by atoms with Gasteiger partial charge in [-0.3, -0.25) is 9.59 Å². The van der Waals surface area contributed by atoms with Crippen molar-refractivity contribution in [1.82, 2.24) is 5.32 Å². The molecule has 0 aliphatic heterocycles. The van der Waals surface area contributed by atoms with Gasteiger partial charge in [0.15, 0.2) is 0 Å². The Balaban J connectivity index is 1.44. The maximum Gasteiger partial charge on any atom is 0.306 e. The van der Waals surface area contributed by atoms with Crippen LogP contribution in [0.3, 0.4) is 0 Å². The molecular formula is C33H33NO4. The Kier molecular flexibility index (Phi) is 7.45. The van der Waals surface area contributed by atoms with Crippen molar-refractivity contribution in [3.8, 4) is 5.75 Å². The number of hydrogen-bond donors (Lipinski definition) is 2. The summed E-state index contributed by atoms with van der Waals surface area (Å²) in [4.78, 5) is 25.1. The lowest BCUT2D eigenvalue weighted by atomic mass is 9.92. The van der Waals surface area contributed by atoms with Crippen LogP contribution in [0.25, 0.3) is 32.3 Å². The number of carbonyl (C=O) groups excluding carboxylic acids is 1. The molecule has 194 valence electrons. The van der Waals surface area contributed by atoms with E-state index in [1.54, 1.807) is 0 Å². The molecule has 0 heterocycles. The van der Waals surface area contributed by atoms with Crippen molar-refractivity contribution in [2.45, 2.75) is 46.1 Å². The van der Waals surface area contributed by atoms with Crippen molar-refractivity contribution < 1.29 is 19.4 Å². The number of nitrogens with one attached hydrogen (secondary N) is 1. The molecule has 5 aromatic carbocycles. The Bertz CT molecular complexity index is 1590. The van der Waals surface area contributed by atoms with E-state index in [-0.39, 0.29) is 5.91 Å². The average molecular weight is 508 g/mol. The Morgan fingerprint density at radius 2 is 1.61 bits per heavy atom. The van der Waals surface area contributed by atoms with Gasteiger partial charge >= 0.3 is 5.97 Å². The number of hydrogen-bond acceptors (Lipinski definition) is 3. The molecule has 0 radical (unpaired) electrons. The SMILES string of the molecule is CCCCOc1ccc(C[C@H](CC)C(=O)O)cc1CNC(=O)c1ccc2ccc3cccc4ccc1c2c34. The maximum atomic E-state index is 13.5. The first-order valence-electron chi connectivity index (χ1n) is 13.4. The number of aliphatic carboxylic acids is 1. The number of rotatable bonds is 11. The highest BCUT2D eigenvalue weighted by molar-refractivity contribution is 6.26. The third-order valence-electron chi connectivity index (χ3n) is 7.42. The normalized spacial score (nSPS) is 12.3. The van der Waals surface area contributed by atoms with Crippen LogP contribution in [0.15, 0.2) is 72.8 Å². The lowest BCUT2D eigenvalue weighted by molar-refractivity contribution is -0.141. The van der Waals surface area contributed by atoms with Gasteiger partial charge in [-0.15, -0.1) is 0 Å². The first kappa shape index (κ1) is 25.5. The van der Waals surface area contributed by atoms with E-state index in [1.807, 2.05) is 43.3 Å². The van der Waals surface area contributed by atoms with Crippen LogP contribution in [0.1, 0.15) is 54.6 Å². The Labute approximate surface area is 222 Å². The Morgan fingerprint density at radius 1 is 0.895 bits per heavy atom. The van der Waals surface area contributed by atoms with E-state index in [1.165, 1.54) is 5.39 Å². The summed E-state index contributed by atoms with van der Waals surface area (Å²) in [6.07, 6.45) is 2.96. The predicted molar refractivity (Wildman–Crippen MR) is 153 cm³/mol. The van der Waals surface area contributed by atoms with Gasteiger partial charge in [-0.05, 0) is 69.3 Å². The number of benzene rings is 5. The summed E-state index contributed by atoms with van der Waals surface area (Å²) in [5, 5.41) is 19.3. The highest BCUT2D eigenvalue weighted by Crippen LogP contribution is 2.36. The smallest absolute Gasteiger partial charge is 0.306 e. The molecule has 38 heavy (non-hydrogen) atoms. The van der Waals surface area contributed by atoms with E-state index < -0.39 is 11.9 Å². The minimum absolute atomic E-state index is 0.148. The van der Waals surface area contributed by atoms with E-state index in [2.05, 4.69) is 48.6 Å². The second kappa shape index (κ2) is 11.1. The molecule has 0 bridgehead atoms. The summed E-state index contributed by atoms with van der Waals surface area (Å²) in [7, 11) is 0. The van der Waals surface area contributed by atoms with Gasteiger partial charge in [-0.2, -0.15) is 0 Å². The summed E-state index contributed by atoms with van der Waals surface area (Å²) in [6, 6.07) is 24.3. The molecule has 1 amide bonds. The van der Waals surface area contributed by atoms with Gasteiger partial charge in [-0.25, -0.2) is 0 Å². The third kappa shape index (κ3) is 5.01. The van der Waals surface area contributed by atoms with Gasteiger partial charge in [0.2, 0.25) is 0 Å². The van der Waals surface area contributed by atoms with Crippen molar-refractivity contribution in [3.05, 3.63) is 89.5 Å². The molecule has 0 spiro atoms. The fourth-order valence-corrected chi connectivity index (χ4v) is 5.26. The molecule has 2 N–H and O–H groups in total. The minimum Gasteiger partial charge on any atom is -0.493 e. The number of carbonyl (C=O) groups is 2. The Hall–Kier alpha value is -4.12. The van der Waals surface area contributed by atoms with E-state index in [0.29, 0.717) is 31.6 Å². The zero-order valence-corrected chi connectivity index (χ0v) is 21.9. The van der Waals surface area contributed by atoms with Gasteiger partial charge in [0.05, 0.1) is 12.5 Å². The van der Waals surface area contributed by atoms with Crippen LogP contribution in [0.4, 0.5) is 0 Å². The van der Waals surface area contributed by atoms with Crippen molar-refractivity contribution in [2.24, 2.45) is 5.92 Å². The minimum atomic E-state index is -0.792. The van der Waals surface area contributed by atoms with Gasteiger partial charge in [0.1, 0.15) is 5.75 Å². The largest absolute Gasteiger partial charge is 0.493 e. The lowest BCUT2D eigenvalue weighted by Crippen LogP contribution is -2.23. The molecule has 5 rings (SSSR count). The lowest BCUT2D eigenvalue weighted by Gasteiger charge is -2.17. The molecule has 5 aromatic rings. The van der Waals surface area contributed by atoms with Crippen molar-refractivity contribution in [1.29, 1.82) is 0 Å². The monoisotopic (exact) mass is 507 g/mol. The summed E-state index contributed by atoms with van der Waals surface area (Å²) >= 11 is 0. The number of unbranched alkanes of at least 4 members (excludes halogenated alkanes) is 1. The van der Waals surface area contributed by atoms with Crippen LogP contribution in [0.2, 0.25) is 0 Å². The predicted octanol–water partition coefficient (Wildman–Crippen LogP) is 7.35. The fraction of sp³-hybridized carbons (Fsp3) is 0.273. The van der Waals surface area contributed by atoms with Gasteiger partial charge < -0.3 is 15.2 Å². The molecule has 0 aliphatic carbocycles. The zero-order chi connectivity index (χ0) is 26.6. The number of carboxylic acids is 1. The fourth-order valence-electron chi connectivity index (χ4n) is 5.26. The first-order valence-corrected chi connectivity index (χ1v) is 13.4. The van der Waals surface area contributed by atoms with Gasteiger partial charge in [0.25, 0.3) is 5.91 Å². The van der Waals surface area contributed by atoms with Crippen molar-refractivity contribution in [3.63, 3.8) is 0 Å². The van der Waals surface area contributed by atoms with Crippen LogP contribution in [0, 0.1) is 5.92 Å². The molecule has 1 atom stereocenters. The highest BCUT2D eigenvalue weighted by atomic mass is 16.5. The van der Waals surface area contributed by atoms with Crippen molar-refractivity contribution >= 4 is 44.2 Å². The molecule has 0 aliphatic rings. The maximum absolute atomic E-state index is 13.5. The molecular weight excluding hydrogens is 474 g/mol.